The first-order valence-electron chi connectivity index (χ1n) is 8.66. The van der Waals surface area contributed by atoms with Gasteiger partial charge in [-0.2, -0.15) is 4.31 Å². The number of anilines is 1. The molecule has 0 atom stereocenters. The van der Waals surface area contributed by atoms with E-state index in [0.29, 0.717) is 24.5 Å². The van der Waals surface area contributed by atoms with Gasteiger partial charge in [-0.15, -0.1) is 11.8 Å². The maximum absolute atomic E-state index is 12.9. The van der Waals surface area contributed by atoms with Crippen LogP contribution in [0.5, 0.6) is 0 Å². The van der Waals surface area contributed by atoms with Crippen molar-refractivity contribution in [3.8, 4) is 0 Å². The minimum Gasteiger partial charge on any atom is -0.468 e. The molecule has 146 valence electrons. The number of amides is 1. The molecule has 0 spiro atoms. The van der Waals surface area contributed by atoms with Crippen LogP contribution in [-0.4, -0.2) is 37.5 Å². The average Bonchev–Trinajstić information content (AvgIpc) is 3.17. The van der Waals surface area contributed by atoms with Crippen LogP contribution in [0.1, 0.15) is 25.0 Å². The Kier molecular flexibility index (Phi) is 6.86. The monoisotopic (exact) mass is 428 g/mol. The molecule has 2 heterocycles. The van der Waals surface area contributed by atoms with Crippen LogP contribution in [0.2, 0.25) is 5.02 Å². The minimum atomic E-state index is -3.67. The van der Waals surface area contributed by atoms with E-state index in [9.17, 15) is 13.2 Å². The Hall–Kier alpha value is -1.48. The number of furan rings is 1. The zero-order valence-electron chi connectivity index (χ0n) is 14.7. The van der Waals surface area contributed by atoms with Crippen LogP contribution in [0.4, 0.5) is 5.69 Å². The molecule has 0 unspecified atom stereocenters. The third-order valence-corrected chi connectivity index (χ3v) is 7.54. The van der Waals surface area contributed by atoms with Crippen molar-refractivity contribution < 1.29 is 17.6 Å². The van der Waals surface area contributed by atoms with Crippen molar-refractivity contribution in [2.75, 3.05) is 24.2 Å². The third-order valence-electron chi connectivity index (χ3n) is 4.21. The molecule has 1 aromatic heterocycles. The van der Waals surface area contributed by atoms with Gasteiger partial charge in [-0.3, -0.25) is 4.79 Å². The fourth-order valence-electron chi connectivity index (χ4n) is 2.86. The number of carbonyl (C=O) groups excluding carboxylic acids is 1. The molecule has 0 aliphatic carbocycles. The number of benzene rings is 1. The van der Waals surface area contributed by atoms with Crippen LogP contribution < -0.4 is 5.32 Å². The molecular formula is C18H21ClN2O4S2. The molecule has 3 rings (SSSR count). The number of sulfonamides is 1. The van der Waals surface area contributed by atoms with Gasteiger partial charge in [-0.25, -0.2) is 8.42 Å². The topological polar surface area (TPSA) is 79.6 Å². The summed E-state index contributed by atoms with van der Waals surface area (Å²) in [5.41, 5.74) is 0.415. The molecule has 0 radical (unpaired) electrons. The summed E-state index contributed by atoms with van der Waals surface area (Å²) in [5.74, 6) is 1.41. The summed E-state index contributed by atoms with van der Waals surface area (Å²) in [6, 6.07) is 8.19. The van der Waals surface area contributed by atoms with Crippen LogP contribution in [0.25, 0.3) is 0 Å². The molecule has 6 nitrogen and oxygen atoms in total. The van der Waals surface area contributed by atoms with Crippen LogP contribution in [0.15, 0.2) is 45.9 Å². The first-order chi connectivity index (χ1) is 13.0. The summed E-state index contributed by atoms with van der Waals surface area (Å²) < 4.78 is 32.4. The fourth-order valence-corrected chi connectivity index (χ4v) is 5.60. The van der Waals surface area contributed by atoms with Gasteiger partial charge in [0.25, 0.3) is 0 Å². The first-order valence-corrected chi connectivity index (χ1v) is 11.6. The molecule has 1 aromatic carbocycles. The highest BCUT2D eigenvalue weighted by atomic mass is 35.5. The molecule has 9 heteroatoms. The Morgan fingerprint density at radius 3 is 2.70 bits per heavy atom. The van der Waals surface area contributed by atoms with E-state index in [1.54, 1.807) is 18.4 Å². The molecule has 1 saturated heterocycles. The van der Waals surface area contributed by atoms with Gasteiger partial charge in [0.2, 0.25) is 15.9 Å². The highest BCUT2D eigenvalue weighted by molar-refractivity contribution is 7.99. The van der Waals surface area contributed by atoms with E-state index < -0.39 is 10.0 Å². The summed E-state index contributed by atoms with van der Waals surface area (Å²) in [4.78, 5) is 12.2. The van der Waals surface area contributed by atoms with E-state index in [0.717, 1.165) is 25.0 Å². The molecule has 0 saturated carbocycles. The number of carbonyl (C=O) groups is 1. The third kappa shape index (κ3) is 5.28. The van der Waals surface area contributed by atoms with Crippen LogP contribution >= 0.6 is 23.4 Å². The molecular weight excluding hydrogens is 408 g/mol. The molecule has 27 heavy (non-hydrogen) atoms. The van der Waals surface area contributed by atoms with E-state index in [-0.39, 0.29) is 21.6 Å². The number of hydrogen-bond acceptors (Lipinski definition) is 5. The summed E-state index contributed by atoms with van der Waals surface area (Å²) in [6.45, 7) is 0.997. The SMILES string of the molecule is O=C(CSCc1ccco1)Nc1ccc(Cl)c(S(=O)(=O)N2CCCCC2)c1. The van der Waals surface area contributed by atoms with Gasteiger partial charge in [0, 0.05) is 18.8 Å². The summed E-state index contributed by atoms with van der Waals surface area (Å²) in [6.07, 6.45) is 4.32. The number of piperidine rings is 1. The van der Waals surface area contributed by atoms with Crippen LogP contribution in [-0.2, 0) is 20.6 Å². The maximum Gasteiger partial charge on any atom is 0.244 e. The summed E-state index contributed by atoms with van der Waals surface area (Å²) >= 11 is 7.56. The summed E-state index contributed by atoms with van der Waals surface area (Å²) in [5, 5.41) is 2.89. The molecule has 1 aliphatic heterocycles. The second-order valence-electron chi connectivity index (χ2n) is 6.23. The molecule has 1 fully saturated rings. The lowest BCUT2D eigenvalue weighted by molar-refractivity contribution is -0.113. The Morgan fingerprint density at radius 1 is 1.22 bits per heavy atom. The van der Waals surface area contributed by atoms with Crippen molar-refractivity contribution in [3.63, 3.8) is 0 Å². The smallest absolute Gasteiger partial charge is 0.244 e. The first kappa shape index (κ1) is 20.3. The largest absolute Gasteiger partial charge is 0.468 e. The van der Waals surface area contributed by atoms with Crippen molar-refractivity contribution in [1.29, 1.82) is 0 Å². The number of halogens is 1. The van der Waals surface area contributed by atoms with E-state index in [1.807, 2.05) is 6.07 Å². The Balaban J connectivity index is 1.64. The van der Waals surface area contributed by atoms with Gasteiger partial charge in [0.1, 0.15) is 10.7 Å². The fraction of sp³-hybridized carbons (Fsp3) is 0.389. The van der Waals surface area contributed by atoms with Gasteiger partial charge in [0.05, 0.1) is 22.8 Å². The molecule has 1 amide bonds. The highest BCUT2D eigenvalue weighted by Gasteiger charge is 2.28. The molecule has 0 bridgehead atoms. The number of nitrogens with zero attached hydrogens (tertiary/aromatic N) is 1. The zero-order chi connectivity index (χ0) is 19.3. The Labute approximate surface area is 168 Å². The van der Waals surface area contributed by atoms with E-state index in [2.05, 4.69) is 5.32 Å². The second kappa shape index (κ2) is 9.14. The number of hydrogen-bond donors (Lipinski definition) is 1. The van der Waals surface area contributed by atoms with Gasteiger partial charge >= 0.3 is 0 Å². The van der Waals surface area contributed by atoms with Crippen molar-refractivity contribution in [3.05, 3.63) is 47.4 Å². The quantitative estimate of drug-likeness (QED) is 0.721. The summed E-state index contributed by atoms with van der Waals surface area (Å²) in [7, 11) is -3.67. The van der Waals surface area contributed by atoms with Gasteiger partial charge in [0.15, 0.2) is 0 Å². The number of thioether (sulfide) groups is 1. The lowest BCUT2D eigenvalue weighted by atomic mass is 10.2. The standard InChI is InChI=1S/C18H21ClN2O4S2/c19-16-7-6-14(20-18(22)13-26-12-15-5-4-10-25-15)11-17(16)27(23,24)21-8-2-1-3-9-21/h4-7,10-11H,1-3,8-9,12-13H2,(H,20,22). The van der Waals surface area contributed by atoms with Gasteiger partial charge < -0.3 is 9.73 Å². The number of rotatable bonds is 7. The predicted molar refractivity (Wildman–Crippen MR) is 108 cm³/mol. The Bertz CT molecular complexity index is 879. The van der Waals surface area contributed by atoms with Crippen molar-refractivity contribution in [2.24, 2.45) is 0 Å². The van der Waals surface area contributed by atoms with Crippen LogP contribution in [0.3, 0.4) is 0 Å². The number of nitrogens with one attached hydrogen (secondary N) is 1. The van der Waals surface area contributed by atoms with Gasteiger partial charge in [-0.05, 0) is 43.2 Å². The maximum atomic E-state index is 12.9. The lowest BCUT2D eigenvalue weighted by Crippen LogP contribution is -2.35. The predicted octanol–water partition coefficient (Wildman–Crippen LogP) is 3.98. The van der Waals surface area contributed by atoms with E-state index in [1.165, 1.54) is 28.2 Å². The van der Waals surface area contributed by atoms with Crippen molar-refractivity contribution in [2.45, 2.75) is 29.9 Å². The normalized spacial score (nSPS) is 15.6. The lowest BCUT2D eigenvalue weighted by Gasteiger charge is -2.26. The molecule has 1 N–H and O–H groups in total. The van der Waals surface area contributed by atoms with Crippen molar-refractivity contribution >= 4 is 45.0 Å². The van der Waals surface area contributed by atoms with Crippen LogP contribution in [0, 0.1) is 0 Å². The highest BCUT2D eigenvalue weighted by Crippen LogP contribution is 2.29. The second-order valence-corrected chi connectivity index (χ2v) is 9.53. The minimum absolute atomic E-state index is 0.0344. The molecule has 2 aromatic rings. The zero-order valence-corrected chi connectivity index (χ0v) is 17.1. The Morgan fingerprint density at radius 2 is 2.00 bits per heavy atom. The molecule has 1 aliphatic rings. The van der Waals surface area contributed by atoms with E-state index in [4.69, 9.17) is 16.0 Å². The van der Waals surface area contributed by atoms with Crippen molar-refractivity contribution in [1.82, 2.24) is 4.31 Å². The van der Waals surface area contributed by atoms with Gasteiger partial charge in [-0.1, -0.05) is 18.0 Å². The average molecular weight is 429 g/mol. The van der Waals surface area contributed by atoms with E-state index >= 15 is 0 Å².